The van der Waals surface area contributed by atoms with Gasteiger partial charge in [-0.2, -0.15) is 0 Å². The summed E-state index contributed by atoms with van der Waals surface area (Å²) in [5.74, 6) is -0.387. The molecular weight excluding hydrogens is 356 g/mol. The maximum absolute atomic E-state index is 12.1. The number of unbranched alkanes of at least 4 members (excludes halogenated alkanes) is 5. The summed E-state index contributed by atoms with van der Waals surface area (Å²) in [6.07, 6.45) is 9.52. The van der Waals surface area contributed by atoms with Gasteiger partial charge < -0.3 is 14.6 Å². The standard InChI is InChI=1S/C23H34O5/c1-4-7-9-10-11-13-23(26)28-20-15-14-19(16-21(20)27-6-3)18(12-8-5-2)17-22(24)25/h14-17H,4-13H2,1-3H3,(H,24,25). The lowest BCUT2D eigenvalue weighted by molar-refractivity contribution is -0.134. The molecular formula is C23H34O5. The van der Waals surface area contributed by atoms with Gasteiger partial charge in [-0.25, -0.2) is 4.79 Å². The van der Waals surface area contributed by atoms with Crippen molar-refractivity contribution in [2.24, 2.45) is 0 Å². The highest BCUT2D eigenvalue weighted by Gasteiger charge is 2.13. The molecule has 0 amide bonds. The molecule has 0 atom stereocenters. The molecule has 1 aromatic carbocycles. The Morgan fingerprint density at radius 1 is 0.929 bits per heavy atom. The fraction of sp³-hybridized carbons (Fsp3) is 0.565. The highest BCUT2D eigenvalue weighted by Crippen LogP contribution is 2.33. The monoisotopic (exact) mass is 390 g/mol. The number of carbonyl (C=O) groups is 2. The Kier molecular flexibility index (Phi) is 11.7. The predicted molar refractivity (Wildman–Crippen MR) is 112 cm³/mol. The number of ether oxygens (including phenoxy) is 2. The van der Waals surface area contributed by atoms with Crippen molar-refractivity contribution in [2.45, 2.75) is 78.6 Å². The number of benzene rings is 1. The van der Waals surface area contributed by atoms with Crippen LogP contribution in [-0.4, -0.2) is 23.7 Å². The van der Waals surface area contributed by atoms with E-state index in [9.17, 15) is 9.59 Å². The van der Waals surface area contributed by atoms with Crippen LogP contribution >= 0.6 is 0 Å². The maximum atomic E-state index is 12.1. The number of esters is 1. The molecule has 5 heteroatoms. The van der Waals surface area contributed by atoms with Crippen molar-refractivity contribution >= 4 is 17.5 Å². The van der Waals surface area contributed by atoms with Crippen LogP contribution in [0.15, 0.2) is 24.3 Å². The molecule has 0 fully saturated rings. The van der Waals surface area contributed by atoms with Gasteiger partial charge in [-0.1, -0.05) is 52.0 Å². The quantitative estimate of drug-likeness (QED) is 0.182. The first-order valence-corrected chi connectivity index (χ1v) is 10.4. The van der Waals surface area contributed by atoms with Gasteiger partial charge in [-0.05, 0) is 49.5 Å². The van der Waals surface area contributed by atoms with Crippen molar-refractivity contribution in [2.75, 3.05) is 6.61 Å². The summed E-state index contributed by atoms with van der Waals surface area (Å²) < 4.78 is 11.1. The first-order chi connectivity index (χ1) is 13.5. The number of hydrogen-bond acceptors (Lipinski definition) is 4. The zero-order valence-corrected chi connectivity index (χ0v) is 17.5. The minimum Gasteiger partial charge on any atom is -0.490 e. The van der Waals surface area contributed by atoms with Gasteiger partial charge in [-0.15, -0.1) is 0 Å². The van der Waals surface area contributed by atoms with E-state index in [1.54, 1.807) is 18.2 Å². The van der Waals surface area contributed by atoms with E-state index < -0.39 is 5.97 Å². The molecule has 156 valence electrons. The van der Waals surface area contributed by atoms with E-state index in [2.05, 4.69) is 13.8 Å². The van der Waals surface area contributed by atoms with E-state index in [0.29, 0.717) is 30.9 Å². The number of aliphatic carboxylic acids is 1. The average Bonchev–Trinajstić information content (AvgIpc) is 2.66. The molecule has 0 spiro atoms. The number of carbonyl (C=O) groups excluding carboxylic acids is 1. The van der Waals surface area contributed by atoms with Crippen molar-refractivity contribution in [1.29, 1.82) is 0 Å². The van der Waals surface area contributed by atoms with Gasteiger partial charge in [0.05, 0.1) is 6.61 Å². The molecule has 0 aliphatic rings. The topological polar surface area (TPSA) is 72.8 Å². The van der Waals surface area contributed by atoms with Gasteiger partial charge in [0.1, 0.15) is 0 Å². The first-order valence-electron chi connectivity index (χ1n) is 10.4. The molecule has 28 heavy (non-hydrogen) atoms. The third-order valence-corrected chi connectivity index (χ3v) is 4.42. The molecule has 5 nitrogen and oxygen atoms in total. The Hall–Kier alpha value is -2.30. The number of carboxylic acids is 1. The number of rotatable bonds is 14. The van der Waals surface area contributed by atoms with E-state index >= 15 is 0 Å². The Morgan fingerprint density at radius 2 is 1.64 bits per heavy atom. The van der Waals surface area contributed by atoms with Crippen molar-refractivity contribution in [3.63, 3.8) is 0 Å². The molecule has 0 saturated carbocycles. The molecule has 0 radical (unpaired) electrons. The second-order valence-electron chi connectivity index (χ2n) is 6.84. The zero-order valence-electron chi connectivity index (χ0n) is 17.5. The van der Waals surface area contributed by atoms with Crippen LogP contribution in [0.3, 0.4) is 0 Å². The summed E-state index contributed by atoms with van der Waals surface area (Å²) in [6, 6.07) is 5.24. The van der Waals surface area contributed by atoms with Crippen LogP contribution in [0.2, 0.25) is 0 Å². The molecule has 1 N–H and O–H groups in total. The lowest BCUT2D eigenvalue weighted by Crippen LogP contribution is -2.09. The zero-order chi connectivity index (χ0) is 20.8. The molecule has 0 heterocycles. The summed E-state index contributed by atoms with van der Waals surface area (Å²) in [7, 11) is 0. The van der Waals surface area contributed by atoms with E-state index in [1.807, 2.05) is 6.92 Å². The number of carboxylic acid groups (broad SMARTS) is 1. The van der Waals surface area contributed by atoms with Crippen molar-refractivity contribution < 1.29 is 24.2 Å². The number of hydrogen-bond donors (Lipinski definition) is 1. The summed E-state index contributed by atoms with van der Waals surface area (Å²) >= 11 is 0. The van der Waals surface area contributed by atoms with Gasteiger partial charge in [0.25, 0.3) is 0 Å². The Balaban J connectivity index is 2.87. The lowest BCUT2D eigenvalue weighted by Gasteiger charge is -2.14. The van der Waals surface area contributed by atoms with Crippen molar-refractivity contribution in [3.8, 4) is 11.5 Å². The molecule has 0 aliphatic carbocycles. The second kappa shape index (κ2) is 13.8. The molecule has 0 aliphatic heterocycles. The predicted octanol–water partition coefficient (Wildman–Crippen LogP) is 6.01. The minimum absolute atomic E-state index is 0.266. The Morgan fingerprint density at radius 3 is 2.29 bits per heavy atom. The summed E-state index contributed by atoms with van der Waals surface area (Å²) in [6.45, 7) is 6.51. The molecule has 1 aromatic rings. The lowest BCUT2D eigenvalue weighted by atomic mass is 9.99. The number of allylic oxidation sites excluding steroid dienone is 1. The van der Waals surface area contributed by atoms with Gasteiger partial charge in [-0.3, -0.25) is 4.79 Å². The smallest absolute Gasteiger partial charge is 0.328 e. The van der Waals surface area contributed by atoms with E-state index in [-0.39, 0.29) is 5.97 Å². The van der Waals surface area contributed by atoms with E-state index in [4.69, 9.17) is 14.6 Å². The van der Waals surface area contributed by atoms with E-state index in [1.165, 1.54) is 18.9 Å². The SMILES string of the molecule is CCCCCCCC(=O)Oc1ccc(C(=CC(=O)O)CCCC)cc1OCC. The van der Waals surface area contributed by atoms with Gasteiger partial charge in [0.2, 0.25) is 0 Å². The Bertz CT molecular complexity index is 648. The summed E-state index contributed by atoms with van der Waals surface area (Å²) in [5, 5.41) is 9.15. The van der Waals surface area contributed by atoms with Gasteiger partial charge >= 0.3 is 11.9 Å². The highest BCUT2D eigenvalue weighted by molar-refractivity contribution is 5.90. The van der Waals surface area contributed by atoms with Crippen LogP contribution < -0.4 is 9.47 Å². The summed E-state index contributed by atoms with van der Waals surface area (Å²) in [5.41, 5.74) is 1.52. The third kappa shape index (κ3) is 9.07. The minimum atomic E-state index is -0.970. The van der Waals surface area contributed by atoms with Gasteiger partial charge in [0.15, 0.2) is 11.5 Å². The fourth-order valence-corrected chi connectivity index (χ4v) is 2.92. The van der Waals surface area contributed by atoms with Crippen LogP contribution in [0.1, 0.15) is 84.1 Å². The van der Waals surface area contributed by atoms with Crippen LogP contribution in [0.4, 0.5) is 0 Å². The highest BCUT2D eigenvalue weighted by atomic mass is 16.6. The van der Waals surface area contributed by atoms with Crippen LogP contribution in [-0.2, 0) is 9.59 Å². The average molecular weight is 391 g/mol. The normalized spacial score (nSPS) is 11.3. The third-order valence-electron chi connectivity index (χ3n) is 4.42. The second-order valence-corrected chi connectivity index (χ2v) is 6.84. The van der Waals surface area contributed by atoms with Crippen molar-refractivity contribution in [1.82, 2.24) is 0 Å². The molecule has 0 unspecified atom stereocenters. The van der Waals surface area contributed by atoms with Crippen LogP contribution in [0.5, 0.6) is 11.5 Å². The largest absolute Gasteiger partial charge is 0.490 e. The van der Waals surface area contributed by atoms with Crippen LogP contribution in [0.25, 0.3) is 5.57 Å². The fourth-order valence-electron chi connectivity index (χ4n) is 2.92. The van der Waals surface area contributed by atoms with Crippen molar-refractivity contribution in [3.05, 3.63) is 29.8 Å². The first kappa shape index (κ1) is 23.7. The summed E-state index contributed by atoms with van der Waals surface area (Å²) in [4.78, 5) is 23.3. The molecule has 0 saturated heterocycles. The van der Waals surface area contributed by atoms with E-state index in [0.717, 1.165) is 43.2 Å². The molecule has 1 rings (SSSR count). The van der Waals surface area contributed by atoms with Crippen LogP contribution in [0, 0.1) is 0 Å². The maximum Gasteiger partial charge on any atom is 0.328 e. The Labute approximate surface area is 168 Å². The molecule has 0 bridgehead atoms. The van der Waals surface area contributed by atoms with Gasteiger partial charge in [0, 0.05) is 12.5 Å². The molecule has 0 aromatic heterocycles.